The Morgan fingerprint density at radius 1 is 1.00 bits per heavy atom. The Hall–Kier alpha value is -2.45. The van der Waals surface area contributed by atoms with E-state index in [4.69, 9.17) is 0 Å². The minimum Gasteiger partial charge on any atom is -0.302 e. The fraction of sp³-hybridized carbons (Fsp3) is 0.176. The Bertz CT molecular complexity index is 840. The average Bonchev–Trinajstić information content (AvgIpc) is 3.27. The zero-order valence-electron chi connectivity index (χ0n) is 11.6. The molecular formula is C17H13NO3S. The van der Waals surface area contributed by atoms with E-state index in [0.29, 0.717) is 11.8 Å². The summed E-state index contributed by atoms with van der Waals surface area (Å²) in [5.74, 6) is -0.624. The first-order chi connectivity index (χ1) is 10.6. The van der Waals surface area contributed by atoms with Gasteiger partial charge in [-0.05, 0) is 17.7 Å². The molecule has 1 fully saturated rings. The van der Waals surface area contributed by atoms with Crippen LogP contribution < -0.4 is 0 Å². The molecule has 5 heteroatoms. The van der Waals surface area contributed by atoms with Crippen LogP contribution in [0.5, 0.6) is 0 Å². The monoisotopic (exact) mass is 311 g/mol. The molecule has 1 aliphatic rings. The number of hydrogen-bond acceptors (Lipinski definition) is 4. The minimum absolute atomic E-state index is 0.139. The van der Waals surface area contributed by atoms with Crippen molar-refractivity contribution >= 4 is 16.1 Å². The molecule has 0 heterocycles. The summed E-state index contributed by atoms with van der Waals surface area (Å²) in [5, 5.41) is 8.39. The smallest absolute Gasteiger partial charge is 0.183 e. The van der Waals surface area contributed by atoms with Gasteiger partial charge in [0.05, 0.1) is 11.0 Å². The molecule has 0 amide bonds. The van der Waals surface area contributed by atoms with Gasteiger partial charge < -0.3 is 4.79 Å². The number of aldehydes is 1. The molecule has 0 saturated heterocycles. The fourth-order valence-corrected chi connectivity index (χ4v) is 5.24. The summed E-state index contributed by atoms with van der Waals surface area (Å²) in [5.41, 5.74) is -0.809. The molecule has 0 spiro atoms. The van der Waals surface area contributed by atoms with Gasteiger partial charge in [-0.15, -0.1) is 0 Å². The molecule has 22 heavy (non-hydrogen) atoms. The molecule has 4 nitrogen and oxygen atoms in total. The normalized spacial score (nSPS) is 26.9. The molecule has 3 atom stereocenters. The molecular weight excluding hydrogens is 298 g/mol. The van der Waals surface area contributed by atoms with E-state index < -0.39 is 26.4 Å². The highest BCUT2D eigenvalue weighted by Gasteiger charge is 2.72. The van der Waals surface area contributed by atoms with Crippen LogP contribution in [0.25, 0.3) is 0 Å². The van der Waals surface area contributed by atoms with E-state index in [1.807, 2.05) is 12.1 Å². The highest BCUT2D eigenvalue weighted by molar-refractivity contribution is 7.92. The van der Waals surface area contributed by atoms with Gasteiger partial charge in [-0.25, -0.2) is 8.42 Å². The lowest BCUT2D eigenvalue weighted by Gasteiger charge is -2.03. The van der Waals surface area contributed by atoms with Crippen molar-refractivity contribution < 1.29 is 13.2 Å². The van der Waals surface area contributed by atoms with Gasteiger partial charge in [-0.2, -0.15) is 5.26 Å². The lowest BCUT2D eigenvalue weighted by molar-refractivity contribution is -0.110. The van der Waals surface area contributed by atoms with E-state index in [-0.39, 0.29) is 4.90 Å². The van der Waals surface area contributed by atoms with E-state index >= 15 is 0 Å². The minimum atomic E-state index is -3.75. The van der Waals surface area contributed by atoms with Crippen molar-refractivity contribution in [2.75, 3.05) is 0 Å². The Balaban J connectivity index is 2.10. The van der Waals surface area contributed by atoms with E-state index in [1.165, 1.54) is 12.1 Å². The summed E-state index contributed by atoms with van der Waals surface area (Å²) in [7, 11) is -3.75. The topological polar surface area (TPSA) is 75.0 Å². The highest BCUT2D eigenvalue weighted by Crippen LogP contribution is 2.62. The van der Waals surface area contributed by atoms with E-state index in [9.17, 15) is 18.5 Å². The quantitative estimate of drug-likeness (QED) is 0.812. The van der Waals surface area contributed by atoms with Gasteiger partial charge in [-0.1, -0.05) is 48.5 Å². The number of sulfone groups is 1. The van der Waals surface area contributed by atoms with Crippen LogP contribution in [0.15, 0.2) is 65.6 Å². The number of rotatable bonds is 4. The zero-order valence-corrected chi connectivity index (χ0v) is 12.4. The predicted molar refractivity (Wildman–Crippen MR) is 80.7 cm³/mol. The summed E-state index contributed by atoms with van der Waals surface area (Å²) >= 11 is 0. The van der Waals surface area contributed by atoms with Crippen LogP contribution in [0, 0.1) is 16.7 Å². The van der Waals surface area contributed by atoms with Gasteiger partial charge in [0, 0.05) is 5.92 Å². The predicted octanol–water partition coefficient (Wildman–Crippen LogP) is 2.34. The van der Waals surface area contributed by atoms with Crippen molar-refractivity contribution in [3.05, 3.63) is 66.2 Å². The number of carbonyl (C=O) groups is 1. The summed E-state index contributed by atoms with van der Waals surface area (Å²) in [6.45, 7) is 0. The summed E-state index contributed by atoms with van der Waals surface area (Å²) in [4.78, 5) is 11.6. The van der Waals surface area contributed by atoms with Crippen molar-refractivity contribution in [2.24, 2.45) is 5.41 Å². The van der Waals surface area contributed by atoms with Gasteiger partial charge in [0.2, 0.25) is 0 Å². The molecule has 3 rings (SSSR count). The second-order valence-electron chi connectivity index (χ2n) is 5.33. The van der Waals surface area contributed by atoms with Crippen LogP contribution in [-0.4, -0.2) is 20.0 Å². The summed E-state index contributed by atoms with van der Waals surface area (Å²) in [6, 6.07) is 18.7. The zero-order chi connectivity index (χ0) is 15.8. The molecule has 0 radical (unpaired) electrons. The van der Waals surface area contributed by atoms with Gasteiger partial charge in [0.15, 0.2) is 9.84 Å². The second kappa shape index (κ2) is 5.08. The second-order valence-corrected chi connectivity index (χ2v) is 7.40. The summed E-state index contributed by atoms with van der Waals surface area (Å²) in [6.07, 6.45) is 0.482. The molecule has 1 saturated carbocycles. The number of nitrogens with zero attached hydrogens (tertiary/aromatic N) is 1. The first-order valence-corrected chi connectivity index (χ1v) is 8.34. The van der Waals surface area contributed by atoms with Crippen molar-refractivity contribution in [1.29, 1.82) is 5.26 Å². The Morgan fingerprint density at radius 2 is 1.55 bits per heavy atom. The lowest BCUT2D eigenvalue weighted by Crippen LogP contribution is -2.16. The average molecular weight is 311 g/mol. The SMILES string of the molecule is N#CC1(C=O)C(c2ccccc2)C1S(=O)(=O)c1ccccc1. The third kappa shape index (κ3) is 1.96. The Labute approximate surface area is 128 Å². The third-order valence-electron chi connectivity index (χ3n) is 4.13. The number of hydrogen-bond donors (Lipinski definition) is 0. The van der Waals surface area contributed by atoms with Crippen LogP contribution in [0.1, 0.15) is 11.5 Å². The first kappa shape index (κ1) is 14.5. The van der Waals surface area contributed by atoms with Gasteiger partial charge in [0.1, 0.15) is 17.0 Å². The fourth-order valence-electron chi connectivity index (χ4n) is 2.98. The number of nitriles is 1. The van der Waals surface area contributed by atoms with Crippen molar-refractivity contribution in [2.45, 2.75) is 16.1 Å². The van der Waals surface area contributed by atoms with Crippen LogP contribution in [0.3, 0.4) is 0 Å². The molecule has 1 aliphatic carbocycles. The molecule has 0 bridgehead atoms. The number of benzene rings is 2. The maximum Gasteiger partial charge on any atom is 0.183 e. The molecule has 0 aliphatic heterocycles. The van der Waals surface area contributed by atoms with Crippen LogP contribution in [-0.2, 0) is 14.6 Å². The molecule has 110 valence electrons. The standard InChI is InChI=1S/C17H13NO3S/c18-11-17(12-19)15(13-7-3-1-4-8-13)16(17)22(20,21)14-9-5-2-6-10-14/h1-10,12,15-16H. The number of carbonyl (C=O) groups excluding carboxylic acids is 1. The van der Waals surface area contributed by atoms with Crippen molar-refractivity contribution in [1.82, 2.24) is 0 Å². The maximum atomic E-state index is 12.8. The third-order valence-corrected chi connectivity index (χ3v) is 6.39. The Morgan fingerprint density at radius 3 is 2.05 bits per heavy atom. The highest BCUT2D eigenvalue weighted by atomic mass is 32.2. The molecule has 0 N–H and O–H groups in total. The van der Waals surface area contributed by atoms with E-state index in [1.54, 1.807) is 42.5 Å². The van der Waals surface area contributed by atoms with Crippen molar-refractivity contribution in [3.63, 3.8) is 0 Å². The first-order valence-electron chi connectivity index (χ1n) is 6.79. The molecule has 0 aromatic heterocycles. The van der Waals surface area contributed by atoms with Crippen LogP contribution in [0.4, 0.5) is 0 Å². The van der Waals surface area contributed by atoms with Gasteiger partial charge in [-0.3, -0.25) is 0 Å². The largest absolute Gasteiger partial charge is 0.302 e. The molecule has 2 aromatic carbocycles. The van der Waals surface area contributed by atoms with Crippen LogP contribution in [0.2, 0.25) is 0 Å². The van der Waals surface area contributed by atoms with Gasteiger partial charge >= 0.3 is 0 Å². The van der Waals surface area contributed by atoms with Crippen molar-refractivity contribution in [3.8, 4) is 6.07 Å². The summed E-state index contributed by atoms with van der Waals surface area (Å²) < 4.78 is 25.6. The van der Waals surface area contributed by atoms with Crippen LogP contribution >= 0.6 is 0 Å². The Kier molecular flexibility index (Phi) is 3.34. The van der Waals surface area contributed by atoms with Gasteiger partial charge in [0.25, 0.3) is 0 Å². The van der Waals surface area contributed by atoms with E-state index in [2.05, 4.69) is 0 Å². The molecule has 3 unspecified atom stereocenters. The lowest BCUT2D eigenvalue weighted by atomic mass is 10.0. The molecule has 2 aromatic rings. The van der Waals surface area contributed by atoms with E-state index in [0.717, 1.165) is 0 Å². The maximum absolute atomic E-state index is 12.8.